The van der Waals surface area contributed by atoms with Crippen LogP contribution in [0.1, 0.15) is 18.5 Å². The third-order valence-corrected chi connectivity index (χ3v) is 4.12. The largest absolute Gasteiger partial charge is 0.453 e. The van der Waals surface area contributed by atoms with E-state index in [0.717, 1.165) is 17.5 Å². The Morgan fingerprint density at radius 2 is 2.17 bits per heavy atom. The second kappa shape index (κ2) is 5.59. The minimum Gasteiger partial charge on any atom is -0.453 e. The summed E-state index contributed by atoms with van der Waals surface area (Å²) in [4.78, 5) is 17.5. The number of ether oxygens (including phenoxy) is 1. The van der Waals surface area contributed by atoms with Crippen molar-refractivity contribution in [2.24, 2.45) is 0 Å². The van der Waals surface area contributed by atoms with Crippen molar-refractivity contribution in [2.75, 3.05) is 11.4 Å². The molecule has 2 aromatic heterocycles. The van der Waals surface area contributed by atoms with Crippen LogP contribution in [0.3, 0.4) is 0 Å². The zero-order chi connectivity index (χ0) is 16.7. The number of hydrogen-bond donors (Lipinski definition) is 1. The van der Waals surface area contributed by atoms with Crippen molar-refractivity contribution in [3.8, 4) is 11.5 Å². The zero-order valence-electron chi connectivity index (χ0n) is 13.0. The summed E-state index contributed by atoms with van der Waals surface area (Å²) in [7, 11) is 0. The van der Waals surface area contributed by atoms with Crippen molar-refractivity contribution in [2.45, 2.75) is 19.8 Å². The average Bonchev–Trinajstić information content (AvgIpc) is 3.16. The van der Waals surface area contributed by atoms with Crippen molar-refractivity contribution >= 4 is 22.6 Å². The van der Waals surface area contributed by atoms with Gasteiger partial charge in [0.25, 0.3) is 0 Å². The molecule has 1 saturated heterocycles. The monoisotopic (exact) mass is 326 g/mol. The highest BCUT2D eigenvalue weighted by Crippen LogP contribution is 2.33. The second-order valence-electron chi connectivity index (χ2n) is 5.72. The van der Waals surface area contributed by atoms with Gasteiger partial charge in [0.2, 0.25) is 5.91 Å². The summed E-state index contributed by atoms with van der Waals surface area (Å²) in [6.45, 7) is 2.47. The molecule has 1 aliphatic heterocycles. The number of amides is 1. The van der Waals surface area contributed by atoms with Crippen LogP contribution in [0.2, 0.25) is 0 Å². The Kier molecular flexibility index (Phi) is 3.41. The highest BCUT2D eigenvalue weighted by Gasteiger charge is 2.23. The lowest BCUT2D eigenvalue weighted by molar-refractivity contribution is -0.117. The van der Waals surface area contributed by atoms with E-state index in [-0.39, 0.29) is 11.7 Å². The maximum absolute atomic E-state index is 14.4. The molecule has 1 amide bonds. The van der Waals surface area contributed by atoms with Gasteiger partial charge in [-0.05, 0) is 31.5 Å². The van der Waals surface area contributed by atoms with Crippen molar-refractivity contribution in [1.82, 2.24) is 15.2 Å². The van der Waals surface area contributed by atoms with Crippen LogP contribution >= 0.6 is 0 Å². The van der Waals surface area contributed by atoms with E-state index in [0.29, 0.717) is 30.0 Å². The predicted molar refractivity (Wildman–Crippen MR) is 86.7 cm³/mol. The number of aromatic nitrogens is 3. The van der Waals surface area contributed by atoms with Crippen molar-refractivity contribution in [1.29, 1.82) is 0 Å². The number of aryl methyl sites for hydroxylation is 1. The first-order chi connectivity index (χ1) is 11.6. The Hall–Kier alpha value is -2.96. The summed E-state index contributed by atoms with van der Waals surface area (Å²) >= 11 is 0. The SMILES string of the molecule is Cc1[nH]nc2nccc(Oc3ccc(N4CCCC4=O)cc3F)c12. The molecule has 1 N–H and O–H groups in total. The molecule has 0 aliphatic carbocycles. The number of aromatic amines is 1. The normalized spacial score (nSPS) is 14.6. The first-order valence-electron chi connectivity index (χ1n) is 7.71. The number of anilines is 1. The second-order valence-corrected chi connectivity index (χ2v) is 5.72. The number of nitrogens with zero attached hydrogens (tertiary/aromatic N) is 3. The third kappa shape index (κ3) is 2.38. The average molecular weight is 326 g/mol. The van der Waals surface area contributed by atoms with E-state index >= 15 is 0 Å². The number of hydrogen-bond acceptors (Lipinski definition) is 4. The smallest absolute Gasteiger partial charge is 0.227 e. The number of pyridine rings is 1. The van der Waals surface area contributed by atoms with E-state index < -0.39 is 5.82 Å². The zero-order valence-corrected chi connectivity index (χ0v) is 13.0. The van der Waals surface area contributed by atoms with Gasteiger partial charge in [0.1, 0.15) is 5.75 Å². The number of benzene rings is 1. The Bertz CT molecular complexity index is 937. The molecule has 4 rings (SSSR count). The fourth-order valence-corrected chi connectivity index (χ4v) is 2.93. The first kappa shape index (κ1) is 14.6. The van der Waals surface area contributed by atoms with Crippen LogP contribution in [-0.4, -0.2) is 27.6 Å². The molecule has 3 heterocycles. The molecule has 24 heavy (non-hydrogen) atoms. The topological polar surface area (TPSA) is 71.1 Å². The molecule has 0 atom stereocenters. The van der Waals surface area contributed by atoms with Crippen LogP contribution in [0.25, 0.3) is 11.0 Å². The molecule has 6 nitrogen and oxygen atoms in total. The van der Waals surface area contributed by atoms with Crippen LogP contribution in [0, 0.1) is 12.7 Å². The lowest BCUT2D eigenvalue weighted by Crippen LogP contribution is -2.23. The lowest BCUT2D eigenvalue weighted by Gasteiger charge is -2.16. The van der Waals surface area contributed by atoms with Gasteiger partial charge < -0.3 is 9.64 Å². The summed E-state index contributed by atoms with van der Waals surface area (Å²) in [6, 6.07) is 6.24. The first-order valence-corrected chi connectivity index (χ1v) is 7.71. The van der Waals surface area contributed by atoms with E-state index in [1.54, 1.807) is 23.2 Å². The molecule has 0 spiro atoms. The summed E-state index contributed by atoms with van der Waals surface area (Å²) < 4.78 is 20.2. The Morgan fingerprint density at radius 3 is 2.92 bits per heavy atom. The molecule has 0 saturated carbocycles. The molecular weight excluding hydrogens is 311 g/mol. The quantitative estimate of drug-likeness (QED) is 0.801. The van der Waals surface area contributed by atoms with E-state index in [2.05, 4.69) is 15.2 Å². The molecule has 0 unspecified atom stereocenters. The lowest BCUT2D eigenvalue weighted by atomic mass is 10.2. The van der Waals surface area contributed by atoms with Gasteiger partial charge in [-0.15, -0.1) is 0 Å². The van der Waals surface area contributed by atoms with Gasteiger partial charge in [-0.2, -0.15) is 5.10 Å². The Balaban J connectivity index is 1.67. The fraction of sp³-hybridized carbons (Fsp3) is 0.235. The van der Waals surface area contributed by atoms with Gasteiger partial charge >= 0.3 is 0 Å². The molecule has 1 aliphatic rings. The van der Waals surface area contributed by atoms with Gasteiger partial charge in [0.05, 0.1) is 5.39 Å². The summed E-state index contributed by atoms with van der Waals surface area (Å²) in [6.07, 6.45) is 2.87. The van der Waals surface area contributed by atoms with Crippen LogP contribution in [-0.2, 0) is 4.79 Å². The molecule has 0 radical (unpaired) electrons. The van der Waals surface area contributed by atoms with Crippen molar-refractivity contribution in [3.05, 3.63) is 42.0 Å². The van der Waals surface area contributed by atoms with Gasteiger partial charge in [-0.25, -0.2) is 9.37 Å². The maximum atomic E-state index is 14.4. The summed E-state index contributed by atoms with van der Waals surface area (Å²) in [5.41, 5.74) is 1.87. The Labute approximate surface area is 137 Å². The van der Waals surface area contributed by atoms with Crippen molar-refractivity contribution in [3.63, 3.8) is 0 Å². The van der Waals surface area contributed by atoms with Crippen molar-refractivity contribution < 1.29 is 13.9 Å². The van der Waals surface area contributed by atoms with Gasteiger partial charge in [-0.1, -0.05) is 0 Å². The van der Waals surface area contributed by atoms with E-state index in [9.17, 15) is 9.18 Å². The number of fused-ring (bicyclic) bond motifs is 1. The fourth-order valence-electron chi connectivity index (χ4n) is 2.93. The van der Waals surface area contributed by atoms with E-state index in [4.69, 9.17) is 4.74 Å². The van der Waals surface area contributed by atoms with E-state index in [1.165, 1.54) is 12.1 Å². The summed E-state index contributed by atoms with van der Waals surface area (Å²) in [5.74, 6) is 0.0832. The molecule has 122 valence electrons. The molecule has 3 aromatic rings. The standard InChI is InChI=1S/C17H15FN4O2/c1-10-16-14(6-7-19-17(16)21-20-10)24-13-5-4-11(9-12(13)18)22-8-2-3-15(22)23/h4-7,9H,2-3,8H2,1H3,(H,19,20,21). The predicted octanol–water partition coefficient (Wildman–Crippen LogP) is 3.32. The van der Waals surface area contributed by atoms with Gasteiger partial charge in [0, 0.05) is 36.6 Å². The molecule has 1 aromatic carbocycles. The highest BCUT2D eigenvalue weighted by molar-refractivity contribution is 5.95. The maximum Gasteiger partial charge on any atom is 0.227 e. The number of halogens is 1. The number of carbonyl (C=O) groups excluding carboxylic acids is 1. The number of H-pyrrole nitrogens is 1. The number of nitrogens with one attached hydrogen (secondary N) is 1. The summed E-state index contributed by atoms with van der Waals surface area (Å²) in [5, 5.41) is 7.62. The third-order valence-electron chi connectivity index (χ3n) is 4.12. The van der Waals surface area contributed by atoms with Crippen LogP contribution in [0.5, 0.6) is 11.5 Å². The van der Waals surface area contributed by atoms with Gasteiger partial charge in [-0.3, -0.25) is 9.89 Å². The van der Waals surface area contributed by atoms with Crippen LogP contribution in [0.15, 0.2) is 30.5 Å². The van der Waals surface area contributed by atoms with Crippen LogP contribution in [0.4, 0.5) is 10.1 Å². The highest BCUT2D eigenvalue weighted by atomic mass is 19.1. The number of carbonyl (C=O) groups is 1. The van der Waals surface area contributed by atoms with E-state index in [1.807, 2.05) is 6.92 Å². The molecule has 0 bridgehead atoms. The van der Waals surface area contributed by atoms with Gasteiger partial charge in [0.15, 0.2) is 17.2 Å². The number of rotatable bonds is 3. The molecule has 1 fully saturated rings. The molecular formula is C17H15FN4O2. The minimum atomic E-state index is -0.515. The minimum absolute atomic E-state index is 0.0212. The van der Waals surface area contributed by atoms with Crippen LogP contribution < -0.4 is 9.64 Å². The Morgan fingerprint density at radius 1 is 1.29 bits per heavy atom. The molecule has 7 heteroatoms.